The van der Waals surface area contributed by atoms with E-state index in [0.29, 0.717) is 18.8 Å². The summed E-state index contributed by atoms with van der Waals surface area (Å²) in [6.45, 7) is 4.14. The Balaban J connectivity index is 1.26. The van der Waals surface area contributed by atoms with Crippen LogP contribution in [0.15, 0.2) is 85.5 Å². The molecule has 1 heterocycles. The van der Waals surface area contributed by atoms with E-state index in [1.165, 1.54) is 4.90 Å². The van der Waals surface area contributed by atoms with E-state index in [9.17, 15) is 9.59 Å². The molecule has 1 atom stereocenters. The Labute approximate surface area is 198 Å². The zero-order valence-electron chi connectivity index (χ0n) is 18.7. The van der Waals surface area contributed by atoms with Crippen LogP contribution in [0, 0.1) is 0 Å². The number of nitrogens with zero attached hydrogens (tertiary/aromatic N) is 1. The van der Waals surface area contributed by atoms with Crippen LogP contribution in [0.5, 0.6) is 5.75 Å². The summed E-state index contributed by atoms with van der Waals surface area (Å²) in [4.78, 5) is 26.7. The van der Waals surface area contributed by atoms with E-state index >= 15 is 0 Å². The van der Waals surface area contributed by atoms with Gasteiger partial charge in [0.25, 0.3) is 0 Å². The summed E-state index contributed by atoms with van der Waals surface area (Å²) >= 11 is 0. The van der Waals surface area contributed by atoms with Crippen LogP contribution in [-0.4, -0.2) is 42.9 Å². The Kier molecular flexibility index (Phi) is 6.04. The predicted octanol–water partition coefficient (Wildman–Crippen LogP) is 4.93. The molecule has 34 heavy (non-hydrogen) atoms. The summed E-state index contributed by atoms with van der Waals surface area (Å²) < 4.78 is 16.4. The van der Waals surface area contributed by atoms with E-state index in [4.69, 9.17) is 14.2 Å². The predicted molar refractivity (Wildman–Crippen MR) is 127 cm³/mol. The van der Waals surface area contributed by atoms with Gasteiger partial charge < -0.3 is 14.2 Å². The first-order valence-electron chi connectivity index (χ1n) is 11.3. The third-order valence-electron chi connectivity index (χ3n) is 6.29. The Morgan fingerprint density at radius 3 is 2.29 bits per heavy atom. The molecule has 1 fully saturated rings. The second kappa shape index (κ2) is 9.43. The lowest BCUT2D eigenvalue weighted by Crippen LogP contribution is -2.40. The molecule has 3 aromatic carbocycles. The molecule has 3 aromatic rings. The number of amides is 1. The minimum Gasteiger partial charge on any atom is -0.490 e. The number of rotatable bonds is 7. The Hall–Kier alpha value is -4.06. The second-order valence-corrected chi connectivity index (χ2v) is 8.33. The van der Waals surface area contributed by atoms with Gasteiger partial charge in [0, 0.05) is 12.3 Å². The monoisotopic (exact) mass is 455 g/mol. The van der Waals surface area contributed by atoms with Gasteiger partial charge in [0.05, 0.1) is 0 Å². The number of hydrogen-bond acceptors (Lipinski definition) is 5. The molecule has 0 aromatic heterocycles. The van der Waals surface area contributed by atoms with Crippen LogP contribution < -0.4 is 4.74 Å². The number of esters is 1. The molecule has 0 bridgehead atoms. The van der Waals surface area contributed by atoms with Gasteiger partial charge in [-0.1, -0.05) is 73.3 Å². The lowest BCUT2D eigenvalue weighted by molar-refractivity contribution is -0.139. The summed E-state index contributed by atoms with van der Waals surface area (Å²) in [5.41, 5.74) is 5.50. The van der Waals surface area contributed by atoms with Crippen molar-refractivity contribution in [3.63, 3.8) is 0 Å². The lowest BCUT2D eigenvalue weighted by Gasteiger charge is -2.21. The number of fused-ring (bicyclic) bond motifs is 3. The minimum absolute atomic E-state index is 0.0443. The number of carbonyl (C=O) groups excluding carboxylic acids is 2. The van der Waals surface area contributed by atoms with Crippen molar-refractivity contribution in [3.05, 3.63) is 102 Å². The highest BCUT2D eigenvalue weighted by molar-refractivity contribution is 5.84. The van der Waals surface area contributed by atoms with Crippen LogP contribution in [0.4, 0.5) is 4.79 Å². The summed E-state index contributed by atoms with van der Waals surface area (Å²) in [7, 11) is 0. The minimum atomic E-state index is -0.726. The van der Waals surface area contributed by atoms with Crippen LogP contribution in [0.1, 0.15) is 22.6 Å². The SMILES string of the molecule is C=CCOc1ccc(CC2C(=O)OCN2C(=O)OCC2c3ccccc3-c3ccccc32)cc1. The van der Waals surface area contributed by atoms with Crippen LogP contribution in [-0.2, 0) is 20.7 Å². The first kappa shape index (κ1) is 21.8. The van der Waals surface area contributed by atoms with Crippen molar-refractivity contribution in [2.24, 2.45) is 0 Å². The van der Waals surface area contributed by atoms with Crippen molar-refractivity contribution in [1.29, 1.82) is 0 Å². The van der Waals surface area contributed by atoms with Crippen molar-refractivity contribution in [3.8, 4) is 16.9 Å². The Morgan fingerprint density at radius 2 is 1.65 bits per heavy atom. The summed E-state index contributed by atoms with van der Waals surface area (Å²) in [5, 5.41) is 0. The number of ether oxygens (including phenoxy) is 3. The average molecular weight is 456 g/mol. The molecule has 1 amide bonds. The number of cyclic esters (lactones) is 1. The van der Waals surface area contributed by atoms with Crippen LogP contribution in [0.25, 0.3) is 11.1 Å². The van der Waals surface area contributed by atoms with Crippen LogP contribution in [0.2, 0.25) is 0 Å². The molecule has 6 nitrogen and oxygen atoms in total. The van der Waals surface area contributed by atoms with Gasteiger partial charge in [0.1, 0.15) is 25.0 Å². The van der Waals surface area contributed by atoms with Gasteiger partial charge in [-0.05, 0) is 39.9 Å². The number of hydrogen-bond donors (Lipinski definition) is 0. The van der Waals surface area contributed by atoms with Crippen molar-refractivity contribution >= 4 is 12.1 Å². The molecular weight excluding hydrogens is 430 g/mol. The highest BCUT2D eigenvalue weighted by atomic mass is 16.6. The molecular formula is C28H25NO5. The topological polar surface area (TPSA) is 65.1 Å². The number of benzene rings is 3. The first-order chi connectivity index (χ1) is 16.7. The smallest absolute Gasteiger partial charge is 0.413 e. The van der Waals surface area contributed by atoms with E-state index in [1.54, 1.807) is 6.08 Å². The van der Waals surface area contributed by atoms with Crippen molar-refractivity contribution in [1.82, 2.24) is 4.90 Å². The lowest BCUT2D eigenvalue weighted by atomic mass is 9.98. The molecule has 5 rings (SSSR count). The Bertz CT molecular complexity index is 1170. The summed E-state index contributed by atoms with van der Waals surface area (Å²) in [6, 6.07) is 23.0. The van der Waals surface area contributed by atoms with Crippen LogP contribution in [0.3, 0.4) is 0 Å². The Morgan fingerprint density at radius 1 is 1.00 bits per heavy atom. The molecule has 1 unspecified atom stereocenters. The normalized spacial score (nSPS) is 16.5. The van der Waals surface area contributed by atoms with Gasteiger partial charge in [-0.15, -0.1) is 0 Å². The molecule has 172 valence electrons. The van der Waals surface area contributed by atoms with Gasteiger partial charge in [0.2, 0.25) is 0 Å². The summed E-state index contributed by atoms with van der Waals surface area (Å²) in [6.07, 6.45) is 1.46. The number of carbonyl (C=O) groups is 2. The maximum atomic E-state index is 13.0. The van der Waals surface area contributed by atoms with E-state index in [1.807, 2.05) is 48.5 Å². The quantitative estimate of drug-likeness (QED) is 0.373. The first-order valence-corrected chi connectivity index (χ1v) is 11.3. The molecule has 6 heteroatoms. The fourth-order valence-electron chi connectivity index (χ4n) is 4.60. The van der Waals surface area contributed by atoms with Crippen molar-refractivity contribution in [2.45, 2.75) is 18.4 Å². The second-order valence-electron chi connectivity index (χ2n) is 8.33. The third-order valence-corrected chi connectivity index (χ3v) is 6.29. The molecule has 2 aliphatic rings. The fourth-order valence-corrected chi connectivity index (χ4v) is 4.60. The van der Waals surface area contributed by atoms with Gasteiger partial charge in [-0.2, -0.15) is 0 Å². The van der Waals surface area contributed by atoms with E-state index < -0.39 is 18.1 Å². The molecule has 0 spiro atoms. The van der Waals surface area contributed by atoms with Gasteiger partial charge in [-0.3, -0.25) is 4.90 Å². The third kappa shape index (κ3) is 4.15. The highest BCUT2D eigenvalue weighted by Gasteiger charge is 2.39. The fraction of sp³-hybridized carbons (Fsp3) is 0.214. The van der Waals surface area contributed by atoms with Crippen molar-refractivity contribution in [2.75, 3.05) is 19.9 Å². The molecule has 1 saturated heterocycles. The molecule has 0 N–H and O–H groups in total. The zero-order chi connectivity index (χ0) is 23.5. The summed E-state index contributed by atoms with van der Waals surface area (Å²) in [5.74, 6) is 0.240. The van der Waals surface area contributed by atoms with Gasteiger partial charge in [-0.25, -0.2) is 9.59 Å². The molecule has 0 saturated carbocycles. The standard InChI is InChI=1S/C28H25NO5/c1-2-15-32-20-13-11-19(12-14-20)16-26-27(30)34-18-29(26)28(31)33-17-25-23-9-5-3-7-21(23)22-8-4-6-10-24(22)25/h2-14,25-26H,1,15-18H2. The van der Waals surface area contributed by atoms with Gasteiger partial charge >= 0.3 is 12.1 Å². The van der Waals surface area contributed by atoms with E-state index in [0.717, 1.165) is 27.8 Å². The maximum absolute atomic E-state index is 13.0. The van der Waals surface area contributed by atoms with Gasteiger partial charge in [0.15, 0.2) is 6.73 Å². The highest BCUT2D eigenvalue weighted by Crippen LogP contribution is 2.44. The molecule has 0 radical (unpaired) electrons. The molecule has 1 aliphatic heterocycles. The average Bonchev–Trinajstić information content (AvgIpc) is 3.40. The van der Waals surface area contributed by atoms with Crippen molar-refractivity contribution < 1.29 is 23.8 Å². The van der Waals surface area contributed by atoms with Crippen LogP contribution >= 0.6 is 0 Å². The molecule has 1 aliphatic carbocycles. The maximum Gasteiger partial charge on any atom is 0.413 e. The largest absolute Gasteiger partial charge is 0.490 e. The zero-order valence-corrected chi connectivity index (χ0v) is 18.7. The van der Waals surface area contributed by atoms with E-state index in [2.05, 4.69) is 30.8 Å². The van der Waals surface area contributed by atoms with E-state index in [-0.39, 0.29) is 19.3 Å².